The quantitative estimate of drug-likeness (QED) is 0.904. The van der Waals surface area contributed by atoms with Crippen molar-refractivity contribution in [1.29, 1.82) is 0 Å². The maximum Gasteiger partial charge on any atom is 0.133 e. The first kappa shape index (κ1) is 13.5. The van der Waals surface area contributed by atoms with E-state index in [1.54, 1.807) is 0 Å². The van der Waals surface area contributed by atoms with Gasteiger partial charge in [-0.3, -0.25) is 0 Å². The van der Waals surface area contributed by atoms with Crippen molar-refractivity contribution >= 4 is 15.9 Å². The number of benzene rings is 1. The molecule has 2 N–H and O–H groups in total. The summed E-state index contributed by atoms with van der Waals surface area (Å²) >= 11 is 3.49. The number of halogens is 1. The highest BCUT2D eigenvalue weighted by Crippen LogP contribution is 2.27. The molecular weight excluding hydrogens is 268 g/mol. The summed E-state index contributed by atoms with van der Waals surface area (Å²) < 4.78 is 6.61. The minimum Gasteiger partial charge on any atom is -0.491 e. The van der Waals surface area contributed by atoms with Crippen LogP contribution in [0.25, 0.3) is 0 Å². The zero-order valence-corrected chi connectivity index (χ0v) is 11.6. The number of ether oxygens (including phenoxy) is 1. The van der Waals surface area contributed by atoms with Crippen molar-refractivity contribution in [1.82, 2.24) is 4.90 Å². The Bertz CT molecular complexity index is 340. The number of nitrogens with zero attached hydrogens (tertiary/aromatic N) is 1. The van der Waals surface area contributed by atoms with Crippen LogP contribution < -0.4 is 10.5 Å². The fraction of sp³-hybridized carbons (Fsp3) is 0.500. The van der Waals surface area contributed by atoms with Gasteiger partial charge >= 0.3 is 0 Å². The molecule has 1 aromatic carbocycles. The first-order chi connectivity index (χ1) is 7.50. The van der Waals surface area contributed by atoms with E-state index in [1.165, 1.54) is 0 Å². The largest absolute Gasteiger partial charge is 0.491 e. The first-order valence-electron chi connectivity index (χ1n) is 5.33. The Labute approximate surface area is 106 Å². The molecule has 0 radical (unpaired) electrons. The fourth-order valence-corrected chi connectivity index (χ4v) is 1.77. The van der Waals surface area contributed by atoms with Crippen molar-refractivity contribution in [2.45, 2.75) is 13.0 Å². The minimum absolute atomic E-state index is 0.0483. The highest BCUT2D eigenvalue weighted by Gasteiger charge is 2.05. The van der Waals surface area contributed by atoms with Crippen molar-refractivity contribution in [2.24, 2.45) is 5.73 Å². The molecule has 0 aliphatic rings. The van der Waals surface area contributed by atoms with Gasteiger partial charge in [0.1, 0.15) is 12.4 Å². The lowest BCUT2D eigenvalue weighted by Crippen LogP contribution is -2.19. The summed E-state index contributed by atoms with van der Waals surface area (Å²) in [5.41, 5.74) is 6.91. The van der Waals surface area contributed by atoms with Crippen LogP contribution in [0.2, 0.25) is 0 Å². The van der Waals surface area contributed by atoms with E-state index in [9.17, 15) is 0 Å². The molecule has 1 rings (SSSR count). The molecule has 0 saturated heterocycles. The smallest absolute Gasteiger partial charge is 0.133 e. The Kier molecular flexibility index (Phi) is 5.25. The molecule has 1 atom stereocenters. The van der Waals surface area contributed by atoms with Gasteiger partial charge in [-0.25, -0.2) is 0 Å². The highest BCUT2D eigenvalue weighted by atomic mass is 79.9. The van der Waals surface area contributed by atoms with E-state index in [1.807, 2.05) is 39.2 Å². The van der Waals surface area contributed by atoms with Gasteiger partial charge in [0.2, 0.25) is 0 Å². The minimum atomic E-state index is 0.0483. The zero-order valence-electron chi connectivity index (χ0n) is 10.0. The number of hydrogen-bond acceptors (Lipinski definition) is 3. The fourth-order valence-electron chi connectivity index (χ4n) is 1.26. The number of rotatable bonds is 5. The predicted molar refractivity (Wildman–Crippen MR) is 70.8 cm³/mol. The molecule has 0 saturated carbocycles. The third-order valence-corrected chi connectivity index (χ3v) is 2.90. The van der Waals surface area contributed by atoms with E-state index in [2.05, 4.69) is 20.8 Å². The Balaban J connectivity index is 2.61. The highest BCUT2D eigenvalue weighted by molar-refractivity contribution is 9.10. The molecule has 0 aromatic heterocycles. The Morgan fingerprint density at radius 3 is 2.62 bits per heavy atom. The lowest BCUT2D eigenvalue weighted by atomic mass is 10.1. The Morgan fingerprint density at radius 2 is 2.12 bits per heavy atom. The Hall–Kier alpha value is -0.580. The summed E-state index contributed by atoms with van der Waals surface area (Å²) in [5.74, 6) is 0.867. The van der Waals surface area contributed by atoms with Crippen LogP contribution >= 0.6 is 15.9 Å². The van der Waals surface area contributed by atoms with Gasteiger partial charge in [0.05, 0.1) is 4.47 Å². The van der Waals surface area contributed by atoms with Crippen LogP contribution in [0, 0.1) is 0 Å². The van der Waals surface area contributed by atoms with E-state index in [0.29, 0.717) is 6.61 Å². The topological polar surface area (TPSA) is 38.5 Å². The molecule has 0 amide bonds. The van der Waals surface area contributed by atoms with Crippen molar-refractivity contribution in [3.63, 3.8) is 0 Å². The normalized spacial score (nSPS) is 12.9. The molecular formula is C12H19BrN2O. The van der Waals surface area contributed by atoms with Crippen LogP contribution in [0.15, 0.2) is 22.7 Å². The van der Waals surface area contributed by atoms with Gasteiger partial charge < -0.3 is 15.4 Å². The lowest BCUT2D eigenvalue weighted by molar-refractivity contribution is 0.260. The van der Waals surface area contributed by atoms with E-state index < -0.39 is 0 Å². The molecule has 3 nitrogen and oxygen atoms in total. The predicted octanol–water partition coefficient (Wildman–Crippen LogP) is 2.41. The van der Waals surface area contributed by atoms with Gasteiger partial charge in [0, 0.05) is 12.6 Å². The van der Waals surface area contributed by atoms with Crippen molar-refractivity contribution < 1.29 is 4.74 Å². The summed E-state index contributed by atoms with van der Waals surface area (Å²) in [6.45, 7) is 3.55. The molecule has 0 heterocycles. The molecule has 1 unspecified atom stereocenters. The molecule has 0 fully saturated rings. The third-order valence-electron chi connectivity index (χ3n) is 2.28. The number of nitrogens with two attached hydrogens (primary N) is 1. The first-order valence-corrected chi connectivity index (χ1v) is 6.12. The van der Waals surface area contributed by atoms with Gasteiger partial charge in [-0.05, 0) is 54.6 Å². The van der Waals surface area contributed by atoms with Gasteiger partial charge in [-0.15, -0.1) is 0 Å². The van der Waals surface area contributed by atoms with Crippen molar-refractivity contribution in [3.05, 3.63) is 28.2 Å². The number of hydrogen-bond donors (Lipinski definition) is 1. The number of likely N-dealkylation sites (N-methyl/N-ethyl adjacent to an activating group) is 1. The molecule has 0 aliphatic carbocycles. The second-order valence-corrected chi connectivity index (χ2v) is 4.98. The van der Waals surface area contributed by atoms with Crippen LogP contribution in [0.1, 0.15) is 18.5 Å². The average Bonchev–Trinajstić information content (AvgIpc) is 2.19. The Morgan fingerprint density at radius 1 is 1.44 bits per heavy atom. The van der Waals surface area contributed by atoms with Crippen molar-refractivity contribution in [3.8, 4) is 5.75 Å². The summed E-state index contributed by atoms with van der Waals surface area (Å²) in [6, 6.07) is 6.02. The van der Waals surface area contributed by atoms with Crippen LogP contribution in [-0.4, -0.2) is 32.1 Å². The molecule has 90 valence electrons. The summed E-state index contributed by atoms with van der Waals surface area (Å²) in [7, 11) is 4.05. The van der Waals surface area contributed by atoms with E-state index in [4.69, 9.17) is 10.5 Å². The second kappa shape index (κ2) is 6.23. The van der Waals surface area contributed by atoms with E-state index in [0.717, 1.165) is 22.3 Å². The third kappa shape index (κ3) is 4.12. The molecule has 0 bridgehead atoms. The van der Waals surface area contributed by atoms with E-state index in [-0.39, 0.29) is 6.04 Å². The van der Waals surface area contributed by atoms with Gasteiger partial charge in [-0.1, -0.05) is 6.07 Å². The lowest BCUT2D eigenvalue weighted by Gasteiger charge is -2.13. The van der Waals surface area contributed by atoms with Gasteiger partial charge in [-0.2, -0.15) is 0 Å². The molecule has 4 heteroatoms. The standard InChI is InChI=1S/C12H19BrN2O/c1-9(14)10-4-5-12(11(13)8-10)16-7-6-15(2)3/h4-5,8-9H,6-7,14H2,1-3H3. The van der Waals surface area contributed by atoms with Crippen LogP contribution in [0.4, 0.5) is 0 Å². The van der Waals surface area contributed by atoms with Crippen LogP contribution in [-0.2, 0) is 0 Å². The molecule has 1 aromatic rings. The van der Waals surface area contributed by atoms with Crippen LogP contribution in [0.5, 0.6) is 5.75 Å². The zero-order chi connectivity index (χ0) is 12.1. The van der Waals surface area contributed by atoms with Gasteiger partial charge in [0.25, 0.3) is 0 Å². The monoisotopic (exact) mass is 286 g/mol. The summed E-state index contributed by atoms with van der Waals surface area (Å²) in [4.78, 5) is 2.09. The summed E-state index contributed by atoms with van der Waals surface area (Å²) in [6.07, 6.45) is 0. The molecule has 0 aliphatic heterocycles. The van der Waals surface area contributed by atoms with Gasteiger partial charge in [0.15, 0.2) is 0 Å². The van der Waals surface area contributed by atoms with Crippen LogP contribution in [0.3, 0.4) is 0 Å². The SMILES string of the molecule is CC(N)c1ccc(OCCN(C)C)c(Br)c1. The maximum atomic E-state index is 5.80. The maximum absolute atomic E-state index is 5.80. The summed E-state index contributed by atoms with van der Waals surface area (Å²) in [5, 5.41) is 0. The molecule has 0 spiro atoms. The molecule has 16 heavy (non-hydrogen) atoms. The average molecular weight is 287 g/mol. The second-order valence-electron chi connectivity index (χ2n) is 4.13. The van der Waals surface area contributed by atoms with E-state index >= 15 is 0 Å². The van der Waals surface area contributed by atoms with Crippen molar-refractivity contribution in [2.75, 3.05) is 27.2 Å².